The van der Waals surface area contributed by atoms with E-state index >= 15 is 0 Å². The van der Waals surface area contributed by atoms with Crippen molar-refractivity contribution in [2.45, 2.75) is 52.0 Å². The second-order valence-electron chi connectivity index (χ2n) is 5.09. The number of allylic oxidation sites excluding steroid dienone is 1. The fourth-order valence-corrected chi connectivity index (χ4v) is 2.39. The molecule has 1 fully saturated rings. The van der Waals surface area contributed by atoms with Crippen LogP contribution in [0.25, 0.3) is 0 Å². The van der Waals surface area contributed by atoms with Crippen LogP contribution in [0, 0.1) is 11.3 Å². The summed E-state index contributed by atoms with van der Waals surface area (Å²) in [5.74, 6) is 0.800. The molecule has 2 atom stereocenters. The lowest BCUT2D eigenvalue weighted by Gasteiger charge is -2.41. The maximum absolute atomic E-state index is 5.99. The lowest BCUT2D eigenvalue weighted by molar-refractivity contribution is 0.117. The van der Waals surface area contributed by atoms with E-state index in [0.717, 1.165) is 12.3 Å². The fraction of sp³-hybridized carbons (Fsp3) is 0.833. The van der Waals surface area contributed by atoms with E-state index in [-0.39, 0.29) is 0 Å². The first kappa shape index (κ1) is 10.8. The average Bonchev–Trinajstić information content (AvgIpc) is 2.07. The van der Waals surface area contributed by atoms with E-state index in [2.05, 4.69) is 20.4 Å². The van der Waals surface area contributed by atoms with Crippen LogP contribution in [0.15, 0.2) is 12.7 Å². The zero-order valence-corrected chi connectivity index (χ0v) is 9.05. The first-order valence-corrected chi connectivity index (χ1v) is 5.43. The van der Waals surface area contributed by atoms with Crippen molar-refractivity contribution in [1.82, 2.24) is 0 Å². The molecule has 1 nitrogen and oxygen atoms in total. The van der Waals surface area contributed by atoms with Gasteiger partial charge in [0.1, 0.15) is 0 Å². The summed E-state index contributed by atoms with van der Waals surface area (Å²) in [5, 5.41) is 0. The van der Waals surface area contributed by atoms with Gasteiger partial charge in [-0.25, -0.2) is 0 Å². The number of hydrogen-bond donors (Lipinski definition) is 1. The van der Waals surface area contributed by atoms with E-state index in [9.17, 15) is 0 Å². The molecule has 0 aromatic heterocycles. The van der Waals surface area contributed by atoms with Gasteiger partial charge in [0, 0.05) is 6.04 Å². The molecule has 76 valence electrons. The van der Waals surface area contributed by atoms with Crippen LogP contribution in [0.4, 0.5) is 0 Å². The molecule has 0 aromatic rings. The van der Waals surface area contributed by atoms with Crippen molar-refractivity contribution in [2.24, 2.45) is 17.1 Å². The quantitative estimate of drug-likeness (QED) is 0.665. The minimum Gasteiger partial charge on any atom is -0.328 e. The Kier molecular flexibility index (Phi) is 3.55. The second-order valence-corrected chi connectivity index (χ2v) is 5.09. The monoisotopic (exact) mass is 181 g/mol. The summed E-state index contributed by atoms with van der Waals surface area (Å²) in [6.07, 6.45) is 8.13. The zero-order valence-electron chi connectivity index (χ0n) is 9.05. The molecule has 1 rings (SSSR count). The largest absolute Gasteiger partial charge is 0.328 e. The molecule has 1 aliphatic carbocycles. The highest BCUT2D eigenvalue weighted by Gasteiger charge is 2.34. The van der Waals surface area contributed by atoms with Gasteiger partial charge in [0.05, 0.1) is 0 Å². The third kappa shape index (κ3) is 2.84. The summed E-state index contributed by atoms with van der Waals surface area (Å²) in [6, 6.07) is 0.447. The number of hydrogen-bond acceptors (Lipinski definition) is 1. The molecule has 0 aromatic carbocycles. The molecule has 0 aliphatic heterocycles. The van der Waals surface area contributed by atoms with Crippen molar-refractivity contribution in [3.63, 3.8) is 0 Å². The van der Waals surface area contributed by atoms with Crippen LogP contribution in [0.5, 0.6) is 0 Å². The first-order valence-electron chi connectivity index (χ1n) is 5.43. The maximum atomic E-state index is 5.99. The molecule has 1 heteroatoms. The highest BCUT2D eigenvalue weighted by Crippen LogP contribution is 2.42. The third-order valence-corrected chi connectivity index (χ3v) is 3.57. The minimum absolute atomic E-state index is 0.447. The van der Waals surface area contributed by atoms with Gasteiger partial charge in [-0.3, -0.25) is 0 Å². The van der Waals surface area contributed by atoms with Crippen molar-refractivity contribution in [3.05, 3.63) is 12.7 Å². The average molecular weight is 181 g/mol. The van der Waals surface area contributed by atoms with Crippen molar-refractivity contribution in [2.75, 3.05) is 0 Å². The molecular formula is C12H23N. The first-order chi connectivity index (χ1) is 6.06. The lowest BCUT2D eigenvalue weighted by Crippen LogP contribution is -2.38. The molecule has 1 aliphatic rings. The van der Waals surface area contributed by atoms with Crippen LogP contribution >= 0.6 is 0 Å². The number of rotatable bonds is 3. The Morgan fingerprint density at radius 1 is 1.54 bits per heavy atom. The van der Waals surface area contributed by atoms with Crippen LogP contribution < -0.4 is 5.73 Å². The van der Waals surface area contributed by atoms with Gasteiger partial charge < -0.3 is 5.73 Å². The van der Waals surface area contributed by atoms with Crippen molar-refractivity contribution in [3.8, 4) is 0 Å². The summed E-state index contributed by atoms with van der Waals surface area (Å²) < 4.78 is 0. The smallest absolute Gasteiger partial charge is 0.00418 e. The molecule has 0 bridgehead atoms. The second kappa shape index (κ2) is 4.28. The predicted molar refractivity (Wildman–Crippen MR) is 58.5 cm³/mol. The lowest BCUT2D eigenvalue weighted by atomic mass is 9.66. The van der Waals surface area contributed by atoms with Crippen LogP contribution in [0.3, 0.4) is 0 Å². The molecule has 2 unspecified atom stereocenters. The summed E-state index contributed by atoms with van der Waals surface area (Å²) in [4.78, 5) is 0. The van der Waals surface area contributed by atoms with E-state index in [1.165, 1.54) is 25.7 Å². The van der Waals surface area contributed by atoms with Gasteiger partial charge in [0.25, 0.3) is 0 Å². The van der Waals surface area contributed by atoms with E-state index in [0.29, 0.717) is 11.5 Å². The summed E-state index contributed by atoms with van der Waals surface area (Å²) in [5.41, 5.74) is 6.49. The van der Waals surface area contributed by atoms with Crippen LogP contribution in [0.1, 0.15) is 46.0 Å². The fourth-order valence-electron chi connectivity index (χ4n) is 2.39. The van der Waals surface area contributed by atoms with Crippen LogP contribution in [-0.4, -0.2) is 6.04 Å². The Bertz CT molecular complexity index is 172. The molecule has 0 amide bonds. The topological polar surface area (TPSA) is 26.0 Å². The highest BCUT2D eigenvalue weighted by molar-refractivity contribution is 4.88. The van der Waals surface area contributed by atoms with Gasteiger partial charge in [-0.15, -0.1) is 6.58 Å². The maximum Gasteiger partial charge on any atom is 0.00418 e. The Balaban J connectivity index is 2.50. The van der Waals surface area contributed by atoms with E-state index in [4.69, 9.17) is 5.73 Å². The van der Waals surface area contributed by atoms with Gasteiger partial charge in [-0.2, -0.15) is 0 Å². The van der Waals surface area contributed by atoms with Gasteiger partial charge in [-0.1, -0.05) is 19.9 Å². The molecule has 0 spiro atoms. The summed E-state index contributed by atoms with van der Waals surface area (Å²) >= 11 is 0. The van der Waals surface area contributed by atoms with Gasteiger partial charge in [0.15, 0.2) is 0 Å². The highest BCUT2D eigenvalue weighted by atomic mass is 14.6. The Hall–Kier alpha value is -0.300. The van der Waals surface area contributed by atoms with Gasteiger partial charge in [0.2, 0.25) is 0 Å². The Labute approximate surface area is 82.4 Å². The van der Waals surface area contributed by atoms with E-state index in [1.807, 2.05) is 6.08 Å². The minimum atomic E-state index is 0.447. The van der Waals surface area contributed by atoms with Crippen LogP contribution in [-0.2, 0) is 0 Å². The Morgan fingerprint density at radius 3 is 2.85 bits per heavy atom. The molecule has 13 heavy (non-hydrogen) atoms. The van der Waals surface area contributed by atoms with E-state index < -0.39 is 0 Å². The van der Waals surface area contributed by atoms with Crippen LogP contribution in [0.2, 0.25) is 0 Å². The SMILES string of the molecule is C=CCCC1CC(N)CCC1(C)C. The summed E-state index contributed by atoms with van der Waals surface area (Å²) in [6.45, 7) is 8.54. The summed E-state index contributed by atoms with van der Waals surface area (Å²) in [7, 11) is 0. The van der Waals surface area contributed by atoms with Gasteiger partial charge in [-0.05, 0) is 43.4 Å². The molecule has 2 N–H and O–H groups in total. The van der Waals surface area contributed by atoms with Crippen molar-refractivity contribution >= 4 is 0 Å². The normalized spacial score (nSPS) is 32.8. The van der Waals surface area contributed by atoms with Gasteiger partial charge >= 0.3 is 0 Å². The Morgan fingerprint density at radius 2 is 2.23 bits per heavy atom. The molecular weight excluding hydrogens is 158 g/mol. The molecule has 0 heterocycles. The third-order valence-electron chi connectivity index (χ3n) is 3.57. The van der Waals surface area contributed by atoms with Crippen molar-refractivity contribution < 1.29 is 0 Å². The molecule has 1 saturated carbocycles. The van der Waals surface area contributed by atoms with E-state index in [1.54, 1.807) is 0 Å². The van der Waals surface area contributed by atoms with Crippen molar-refractivity contribution in [1.29, 1.82) is 0 Å². The predicted octanol–water partition coefficient (Wildman–Crippen LogP) is 3.11. The molecule has 0 radical (unpaired) electrons. The number of nitrogens with two attached hydrogens (primary N) is 1. The molecule has 0 saturated heterocycles. The standard InChI is InChI=1S/C12H23N/c1-4-5-6-10-9-11(13)7-8-12(10,2)3/h4,10-11H,1,5-9,13H2,2-3H3. The zero-order chi connectivity index (χ0) is 9.90.